The van der Waals surface area contributed by atoms with Crippen molar-refractivity contribution < 1.29 is 10.0 Å². The van der Waals surface area contributed by atoms with Gasteiger partial charge in [-0.25, -0.2) is 5.48 Å². The topological polar surface area (TPSA) is 87.1 Å². The lowest BCUT2D eigenvalue weighted by atomic mass is 10.1. The van der Waals surface area contributed by atoms with Gasteiger partial charge in [-0.2, -0.15) is 0 Å². The smallest absolute Gasteiger partial charge is 0.274 e. The maximum atomic E-state index is 12.8. The van der Waals surface area contributed by atoms with Crippen LogP contribution in [0.25, 0.3) is 21.7 Å². The SMILES string of the molecule is O=C(NO)c1ccc2ccn(CCCc3c[nH]c4ccccc34)c(=O)c2c1. The largest absolute Gasteiger partial charge is 0.361 e. The van der Waals surface area contributed by atoms with Gasteiger partial charge in [0.1, 0.15) is 0 Å². The van der Waals surface area contributed by atoms with E-state index in [-0.39, 0.29) is 11.1 Å². The molecule has 2 aromatic heterocycles. The summed E-state index contributed by atoms with van der Waals surface area (Å²) in [6.07, 6.45) is 5.49. The predicted molar refractivity (Wildman–Crippen MR) is 104 cm³/mol. The number of nitrogens with one attached hydrogen (secondary N) is 2. The van der Waals surface area contributed by atoms with E-state index in [4.69, 9.17) is 5.21 Å². The first-order chi connectivity index (χ1) is 13.2. The van der Waals surface area contributed by atoms with E-state index in [0.717, 1.165) is 23.7 Å². The summed E-state index contributed by atoms with van der Waals surface area (Å²) in [6, 6.07) is 14.8. The van der Waals surface area contributed by atoms with E-state index >= 15 is 0 Å². The fourth-order valence-electron chi connectivity index (χ4n) is 3.44. The van der Waals surface area contributed by atoms with Crippen molar-refractivity contribution in [3.8, 4) is 0 Å². The van der Waals surface area contributed by atoms with E-state index in [1.54, 1.807) is 28.4 Å². The van der Waals surface area contributed by atoms with Gasteiger partial charge in [0.15, 0.2) is 0 Å². The molecule has 4 rings (SSSR count). The standard InChI is InChI=1S/C21H19N3O3/c25-20(23-27)15-8-7-14-9-11-24(21(26)18(14)12-15)10-3-4-16-13-22-19-6-2-1-5-17(16)19/h1-2,5-9,11-13,22,27H,3-4,10H2,(H,23,25). The van der Waals surface area contributed by atoms with Crippen molar-refractivity contribution in [1.82, 2.24) is 15.0 Å². The number of aromatic amines is 1. The molecule has 6 heteroatoms. The van der Waals surface area contributed by atoms with Crippen LogP contribution in [0, 0.1) is 0 Å². The Labute approximate surface area is 155 Å². The molecule has 6 nitrogen and oxygen atoms in total. The van der Waals surface area contributed by atoms with Crippen LogP contribution in [0.4, 0.5) is 0 Å². The Morgan fingerprint density at radius 3 is 2.81 bits per heavy atom. The van der Waals surface area contributed by atoms with Crippen molar-refractivity contribution in [2.75, 3.05) is 0 Å². The molecule has 0 unspecified atom stereocenters. The zero-order chi connectivity index (χ0) is 18.8. The summed E-state index contributed by atoms with van der Waals surface area (Å²) < 4.78 is 1.66. The molecular formula is C21H19N3O3. The number of benzene rings is 2. The average molecular weight is 361 g/mol. The fourth-order valence-corrected chi connectivity index (χ4v) is 3.44. The van der Waals surface area contributed by atoms with Crippen molar-refractivity contribution in [3.63, 3.8) is 0 Å². The highest BCUT2D eigenvalue weighted by molar-refractivity contribution is 5.97. The molecule has 0 atom stereocenters. The van der Waals surface area contributed by atoms with Gasteiger partial charge in [-0.15, -0.1) is 0 Å². The molecule has 0 aliphatic heterocycles. The number of amides is 1. The number of hydrogen-bond donors (Lipinski definition) is 3. The first-order valence-corrected chi connectivity index (χ1v) is 8.80. The zero-order valence-corrected chi connectivity index (χ0v) is 14.6. The monoisotopic (exact) mass is 361 g/mol. The summed E-state index contributed by atoms with van der Waals surface area (Å²) in [5, 5.41) is 11.2. The van der Waals surface area contributed by atoms with Crippen LogP contribution in [0.1, 0.15) is 22.3 Å². The number of aromatic nitrogens is 2. The van der Waals surface area contributed by atoms with Crippen molar-refractivity contribution in [1.29, 1.82) is 0 Å². The van der Waals surface area contributed by atoms with Crippen molar-refractivity contribution in [2.45, 2.75) is 19.4 Å². The molecule has 0 aliphatic carbocycles. The third-order valence-electron chi connectivity index (χ3n) is 4.86. The lowest BCUT2D eigenvalue weighted by Crippen LogP contribution is -2.22. The Morgan fingerprint density at radius 2 is 1.96 bits per heavy atom. The number of carbonyl (C=O) groups is 1. The lowest BCUT2D eigenvalue weighted by Gasteiger charge is -2.08. The van der Waals surface area contributed by atoms with Gasteiger partial charge in [0.25, 0.3) is 11.5 Å². The molecule has 0 fully saturated rings. The molecule has 0 aliphatic rings. The molecule has 0 saturated carbocycles. The van der Waals surface area contributed by atoms with Gasteiger partial charge in [0, 0.05) is 40.8 Å². The number of carbonyl (C=O) groups excluding carboxylic acids is 1. The van der Waals surface area contributed by atoms with Crippen LogP contribution in [-0.4, -0.2) is 20.7 Å². The van der Waals surface area contributed by atoms with Crippen LogP contribution in [-0.2, 0) is 13.0 Å². The van der Waals surface area contributed by atoms with Gasteiger partial charge >= 0.3 is 0 Å². The van der Waals surface area contributed by atoms with Crippen LogP contribution < -0.4 is 11.0 Å². The van der Waals surface area contributed by atoms with Crippen LogP contribution >= 0.6 is 0 Å². The number of H-pyrrole nitrogens is 1. The summed E-state index contributed by atoms with van der Waals surface area (Å²) in [6.45, 7) is 0.588. The Bertz CT molecular complexity index is 1190. The van der Waals surface area contributed by atoms with Gasteiger partial charge in [-0.3, -0.25) is 14.8 Å². The van der Waals surface area contributed by atoms with Crippen LogP contribution in [0.2, 0.25) is 0 Å². The number of pyridine rings is 1. The van der Waals surface area contributed by atoms with Crippen molar-refractivity contribution in [3.05, 3.63) is 82.4 Å². The summed E-state index contributed by atoms with van der Waals surface area (Å²) in [5.74, 6) is -0.633. The van der Waals surface area contributed by atoms with E-state index in [0.29, 0.717) is 11.9 Å². The minimum absolute atomic E-state index is 0.140. The summed E-state index contributed by atoms with van der Waals surface area (Å²) >= 11 is 0. The number of nitrogens with zero attached hydrogens (tertiary/aromatic N) is 1. The van der Waals surface area contributed by atoms with E-state index in [1.165, 1.54) is 17.0 Å². The number of fused-ring (bicyclic) bond motifs is 2. The molecule has 3 N–H and O–H groups in total. The van der Waals surface area contributed by atoms with Crippen LogP contribution in [0.3, 0.4) is 0 Å². The number of hydroxylamine groups is 1. The second-order valence-corrected chi connectivity index (χ2v) is 6.52. The van der Waals surface area contributed by atoms with Crippen molar-refractivity contribution in [2.24, 2.45) is 0 Å². The summed E-state index contributed by atoms with van der Waals surface area (Å²) in [4.78, 5) is 27.6. The molecule has 0 radical (unpaired) electrons. The van der Waals surface area contributed by atoms with Gasteiger partial charge in [0.2, 0.25) is 0 Å². The van der Waals surface area contributed by atoms with Gasteiger partial charge in [-0.05, 0) is 48.1 Å². The minimum Gasteiger partial charge on any atom is -0.361 e. The molecule has 136 valence electrons. The molecule has 4 aromatic rings. The van der Waals surface area contributed by atoms with E-state index in [9.17, 15) is 9.59 Å². The molecule has 27 heavy (non-hydrogen) atoms. The minimum atomic E-state index is -0.633. The Kier molecular flexibility index (Phi) is 4.48. The van der Waals surface area contributed by atoms with Crippen molar-refractivity contribution >= 4 is 27.6 Å². The number of hydrogen-bond acceptors (Lipinski definition) is 3. The average Bonchev–Trinajstić information content (AvgIpc) is 3.12. The van der Waals surface area contributed by atoms with Gasteiger partial charge < -0.3 is 9.55 Å². The molecule has 2 heterocycles. The molecule has 0 bridgehead atoms. The third kappa shape index (κ3) is 3.22. The van der Waals surface area contributed by atoms with Gasteiger partial charge in [-0.1, -0.05) is 24.3 Å². The van der Waals surface area contributed by atoms with Crippen LogP contribution in [0.5, 0.6) is 0 Å². The normalized spacial score (nSPS) is 11.1. The zero-order valence-electron chi connectivity index (χ0n) is 14.6. The number of aryl methyl sites for hydroxylation is 2. The maximum absolute atomic E-state index is 12.8. The molecule has 0 spiro atoms. The Hall–Kier alpha value is -3.38. The highest BCUT2D eigenvalue weighted by Crippen LogP contribution is 2.19. The predicted octanol–water partition coefficient (Wildman–Crippen LogP) is 3.23. The van der Waals surface area contributed by atoms with E-state index in [2.05, 4.69) is 11.1 Å². The lowest BCUT2D eigenvalue weighted by molar-refractivity contribution is 0.0706. The van der Waals surface area contributed by atoms with Gasteiger partial charge in [0.05, 0.1) is 0 Å². The number of para-hydroxylation sites is 1. The maximum Gasteiger partial charge on any atom is 0.274 e. The molecule has 2 aromatic carbocycles. The quantitative estimate of drug-likeness (QED) is 0.377. The molecular weight excluding hydrogens is 342 g/mol. The second kappa shape index (κ2) is 7.09. The second-order valence-electron chi connectivity index (χ2n) is 6.52. The highest BCUT2D eigenvalue weighted by atomic mass is 16.5. The highest BCUT2D eigenvalue weighted by Gasteiger charge is 2.09. The third-order valence-corrected chi connectivity index (χ3v) is 4.86. The molecule has 0 saturated heterocycles. The fraction of sp³-hybridized carbons (Fsp3) is 0.143. The number of rotatable bonds is 5. The first-order valence-electron chi connectivity index (χ1n) is 8.80. The Morgan fingerprint density at radius 1 is 1.11 bits per heavy atom. The molecule has 1 amide bonds. The summed E-state index contributed by atoms with van der Waals surface area (Å²) in [5.41, 5.74) is 4.06. The van der Waals surface area contributed by atoms with Crippen LogP contribution in [0.15, 0.2) is 65.7 Å². The Balaban J connectivity index is 1.56. The summed E-state index contributed by atoms with van der Waals surface area (Å²) in [7, 11) is 0. The van der Waals surface area contributed by atoms with E-state index in [1.807, 2.05) is 30.5 Å². The van der Waals surface area contributed by atoms with E-state index < -0.39 is 5.91 Å². The first kappa shape index (κ1) is 17.1.